The highest BCUT2D eigenvalue weighted by Gasteiger charge is 2.14. The van der Waals surface area contributed by atoms with Crippen LogP contribution in [0.1, 0.15) is 11.1 Å². The maximum absolute atomic E-state index is 12.5. The van der Waals surface area contributed by atoms with E-state index in [1.54, 1.807) is 36.4 Å². The van der Waals surface area contributed by atoms with E-state index in [1.807, 2.05) is 30.3 Å². The van der Waals surface area contributed by atoms with E-state index in [1.165, 1.54) is 13.2 Å². The van der Waals surface area contributed by atoms with Crippen LogP contribution in [0.4, 0.5) is 5.69 Å². The van der Waals surface area contributed by atoms with Crippen LogP contribution in [0, 0.1) is 14.9 Å². The molecular formula is C24H17BrClIN2O3. The summed E-state index contributed by atoms with van der Waals surface area (Å²) < 4.78 is 13.2. The maximum atomic E-state index is 12.5. The molecule has 0 aromatic heterocycles. The van der Waals surface area contributed by atoms with Gasteiger partial charge in [0.1, 0.15) is 18.2 Å². The van der Waals surface area contributed by atoms with Gasteiger partial charge in [-0.1, -0.05) is 29.8 Å². The van der Waals surface area contributed by atoms with Gasteiger partial charge in [-0.05, 0) is 98.2 Å². The van der Waals surface area contributed by atoms with Crippen molar-refractivity contribution in [2.45, 2.75) is 6.61 Å². The van der Waals surface area contributed by atoms with Gasteiger partial charge in [-0.25, -0.2) is 0 Å². The van der Waals surface area contributed by atoms with E-state index in [2.05, 4.69) is 43.8 Å². The monoisotopic (exact) mass is 622 g/mol. The van der Waals surface area contributed by atoms with Crippen molar-refractivity contribution >= 4 is 67.8 Å². The Morgan fingerprint density at radius 1 is 1.22 bits per heavy atom. The Kier molecular flexibility index (Phi) is 8.56. The number of nitrogens with one attached hydrogen (secondary N) is 1. The van der Waals surface area contributed by atoms with Gasteiger partial charge in [-0.15, -0.1) is 0 Å². The lowest BCUT2D eigenvalue weighted by molar-refractivity contribution is -0.112. The number of carbonyl (C=O) groups is 1. The summed E-state index contributed by atoms with van der Waals surface area (Å²) >= 11 is 11.7. The number of anilines is 1. The number of nitrogens with zero attached hydrogens (tertiary/aromatic N) is 1. The first-order valence-corrected chi connectivity index (χ1v) is 11.6. The number of nitriles is 1. The molecule has 0 aliphatic carbocycles. The Labute approximate surface area is 213 Å². The second kappa shape index (κ2) is 11.4. The molecule has 1 amide bonds. The average molecular weight is 624 g/mol. The molecule has 32 heavy (non-hydrogen) atoms. The summed E-state index contributed by atoms with van der Waals surface area (Å²) in [5.74, 6) is 0.470. The molecule has 162 valence electrons. The highest BCUT2D eigenvalue weighted by Crippen LogP contribution is 2.38. The molecular weight excluding hydrogens is 607 g/mol. The van der Waals surface area contributed by atoms with Gasteiger partial charge in [-0.2, -0.15) is 5.26 Å². The molecule has 0 bridgehead atoms. The fourth-order valence-corrected chi connectivity index (χ4v) is 3.90. The van der Waals surface area contributed by atoms with Crippen molar-refractivity contribution in [1.82, 2.24) is 0 Å². The number of amides is 1. The summed E-state index contributed by atoms with van der Waals surface area (Å²) in [4.78, 5) is 12.5. The first-order valence-electron chi connectivity index (χ1n) is 9.33. The van der Waals surface area contributed by atoms with Crippen LogP contribution in [-0.4, -0.2) is 13.0 Å². The summed E-state index contributed by atoms with van der Waals surface area (Å²) in [6.45, 7) is 0.368. The second-order valence-corrected chi connectivity index (χ2v) is 9.12. The second-order valence-electron chi connectivity index (χ2n) is 6.58. The number of hydrogen-bond donors (Lipinski definition) is 1. The number of hydrogen-bond acceptors (Lipinski definition) is 4. The topological polar surface area (TPSA) is 71.3 Å². The van der Waals surface area contributed by atoms with Gasteiger partial charge in [0.15, 0.2) is 11.5 Å². The molecule has 0 unspecified atom stereocenters. The molecule has 3 rings (SSSR count). The van der Waals surface area contributed by atoms with Crippen LogP contribution in [0.15, 0.2) is 70.7 Å². The lowest BCUT2D eigenvalue weighted by Gasteiger charge is -2.14. The van der Waals surface area contributed by atoms with Gasteiger partial charge < -0.3 is 14.8 Å². The van der Waals surface area contributed by atoms with E-state index in [4.69, 9.17) is 21.1 Å². The van der Waals surface area contributed by atoms with Gasteiger partial charge in [-0.3, -0.25) is 4.79 Å². The van der Waals surface area contributed by atoms with Crippen LogP contribution in [0.3, 0.4) is 0 Å². The molecule has 0 spiro atoms. The Balaban J connectivity index is 1.81. The number of methoxy groups -OCH3 is 1. The largest absolute Gasteiger partial charge is 0.493 e. The number of carbonyl (C=O) groups excluding carboxylic acids is 1. The normalized spacial score (nSPS) is 10.9. The predicted molar refractivity (Wildman–Crippen MR) is 138 cm³/mol. The molecule has 0 radical (unpaired) electrons. The Morgan fingerprint density at radius 3 is 2.62 bits per heavy atom. The zero-order chi connectivity index (χ0) is 23.1. The van der Waals surface area contributed by atoms with Crippen molar-refractivity contribution in [2.75, 3.05) is 12.4 Å². The van der Waals surface area contributed by atoms with Crippen LogP contribution in [0.25, 0.3) is 6.08 Å². The van der Waals surface area contributed by atoms with Crippen molar-refractivity contribution in [1.29, 1.82) is 5.26 Å². The van der Waals surface area contributed by atoms with Gasteiger partial charge in [0, 0.05) is 14.3 Å². The minimum absolute atomic E-state index is 0.0634. The van der Waals surface area contributed by atoms with E-state index >= 15 is 0 Å². The average Bonchev–Trinajstić information content (AvgIpc) is 2.77. The molecule has 0 atom stereocenters. The lowest BCUT2D eigenvalue weighted by Crippen LogP contribution is -2.13. The van der Waals surface area contributed by atoms with Crippen molar-refractivity contribution in [3.8, 4) is 17.6 Å². The van der Waals surface area contributed by atoms with Crippen LogP contribution < -0.4 is 14.8 Å². The third-order valence-electron chi connectivity index (χ3n) is 4.31. The molecule has 0 saturated carbocycles. The van der Waals surface area contributed by atoms with Crippen LogP contribution in [0.5, 0.6) is 11.5 Å². The summed E-state index contributed by atoms with van der Waals surface area (Å²) in [7, 11) is 1.53. The number of halogens is 3. The summed E-state index contributed by atoms with van der Waals surface area (Å²) in [5.41, 5.74) is 2.06. The molecule has 0 aliphatic rings. The molecule has 0 aliphatic heterocycles. The third kappa shape index (κ3) is 6.48. The van der Waals surface area contributed by atoms with E-state index in [-0.39, 0.29) is 5.57 Å². The van der Waals surface area contributed by atoms with Crippen LogP contribution >= 0.6 is 50.1 Å². The first kappa shape index (κ1) is 24.1. The number of ether oxygens (including phenoxy) is 2. The van der Waals surface area contributed by atoms with E-state index in [9.17, 15) is 10.1 Å². The smallest absolute Gasteiger partial charge is 0.266 e. The zero-order valence-electron chi connectivity index (χ0n) is 16.9. The molecule has 0 saturated heterocycles. The van der Waals surface area contributed by atoms with Gasteiger partial charge in [0.05, 0.1) is 11.6 Å². The SMILES string of the molecule is COc1cc(/C=C(\C#N)C(=O)Nc2cccc(Cl)c2)cc(Br)c1OCc1ccc(I)cc1. The minimum atomic E-state index is -0.538. The molecule has 8 heteroatoms. The van der Waals surface area contributed by atoms with Crippen molar-refractivity contribution in [3.63, 3.8) is 0 Å². The van der Waals surface area contributed by atoms with E-state index < -0.39 is 5.91 Å². The molecule has 3 aromatic carbocycles. The maximum Gasteiger partial charge on any atom is 0.266 e. The highest BCUT2D eigenvalue weighted by atomic mass is 127. The van der Waals surface area contributed by atoms with Crippen molar-refractivity contribution in [2.24, 2.45) is 0 Å². The number of benzene rings is 3. The Morgan fingerprint density at radius 2 is 1.97 bits per heavy atom. The first-order chi connectivity index (χ1) is 15.4. The van der Waals surface area contributed by atoms with Gasteiger partial charge >= 0.3 is 0 Å². The Hall–Kier alpha value is -2.54. The zero-order valence-corrected chi connectivity index (χ0v) is 21.4. The molecule has 0 heterocycles. The minimum Gasteiger partial charge on any atom is -0.493 e. The van der Waals surface area contributed by atoms with Crippen molar-refractivity contribution in [3.05, 3.63) is 90.4 Å². The number of rotatable bonds is 7. The van der Waals surface area contributed by atoms with E-state index in [0.717, 1.165) is 9.13 Å². The molecule has 5 nitrogen and oxygen atoms in total. The van der Waals surface area contributed by atoms with Crippen molar-refractivity contribution < 1.29 is 14.3 Å². The quantitative estimate of drug-likeness (QED) is 0.178. The fourth-order valence-electron chi connectivity index (χ4n) is 2.78. The summed E-state index contributed by atoms with van der Waals surface area (Å²) in [6.07, 6.45) is 1.48. The van der Waals surface area contributed by atoms with Gasteiger partial charge in [0.2, 0.25) is 0 Å². The van der Waals surface area contributed by atoms with Crippen LogP contribution in [-0.2, 0) is 11.4 Å². The van der Waals surface area contributed by atoms with Gasteiger partial charge in [0.25, 0.3) is 5.91 Å². The highest BCUT2D eigenvalue weighted by molar-refractivity contribution is 14.1. The molecule has 1 N–H and O–H groups in total. The lowest BCUT2D eigenvalue weighted by atomic mass is 10.1. The van der Waals surface area contributed by atoms with Crippen LogP contribution in [0.2, 0.25) is 5.02 Å². The van der Waals surface area contributed by atoms with E-state index in [0.29, 0.717) is 38.9 Å². The fraction of sp³-hybridized carbons (Fsp3) is 0.0833. The summed E-state index contributed by atoms with van der Waals surface area (Å²) in [5, 5.41) is 12.7. The molecule has 3 aromatic rings. The Bertz CT molecular complexity index is 1210. The third-order valence-corrected chi connectivity index (χ3v) is 5.85. The summed E-state index contributed by atoms with van der Waals surface area (Å²) in [6, 6.07) is 20.1. The molecule has 0 fully saturated rings. The predicted octanol–water partition coefficient (Wildman–Crippen LogP) is 6.84. The standard InChI is InChI=1S/C24H17BrClIN2O3/c1-31-22-11-16(9-17(13-28)24(30)29-20-4-2-3-18(26)12-20)10-21(25)23(22)32-14-15-5-7-19(27)8-6-15/h2-12H,14H2,1H3,(H,29,30)/b17-9+.